The molecule has 0 saturated heterocycles. The van der Waals surface area contributed by atoms with Crippen molar-refractivity contribution < 1.29 is 9.53 Å². The molecular weight excluding hydrogens is 270 g/mol. The molecule has 0 atom stereocenters. The molecule has 2 aromatic rings. The van der Waals surface area contributed by atoms with Crippen LogP contribution in [0.2, 0.25) is 0 Å². The van der Waals surface area contributed by atoms with Crippen molar-refractivity contribution in [2.45, 2.75) is 13.5 Å². The maximum Gasteiger partial charge on any atom is 0.330 e. The Balaban J connectivity index is 1.96. The van der Waals surface area contributed by atoms with Crippen molar-refractivity contribution in [2.24, 2.45) is 4.99 Å². The Morgan fingerprint density at radius 1 is 1.30 bits per heavy atom. The van der Waals surface area contributed by atoms with Crippen molar-refractivity contribution in [3.63, 3.8) is 0 Å². The zero-order chi connectivity index (χ0) is 14.4. The number of carbonyl (C=O) groups is 1. The third kappa shape index (κ3) is 4.17. The van der Waals surface area contributed by atoms with Crippen molar-refractivity contribution in [2.75, 3.05) is 0 Å². The molecule has 3 nitrogen and oxygen atoms in total. The van der Waals surface area contributed by atoms with Crippen LogP contribution in [-0.4, -0.2) is 12.2 Å². The molecule has 0 saturated carbocycles. The minimum absolute atomic E-state index is 0.249. The molecule has 0 aliphatic heterocycles. The Bertz CT molecular complexity index is 626. The first-order chi connectivity index (χ1) is 9.67. The summed E-state index contributed by atoms with van der Waals surface area (Å²) in [5.41, 5.74) is 1.79. The summed E-state index contributed by atoms with van der Waals surface area (Å²) < 4.78 is 4.96. The van der Waals surface area contributed by atoms with E-state index in [0.29, 0.717) is 0 Å². The van der Waals surface area contributed by atoms with E-state index in [1.54, 1.807) is 11.3 Å². The number of carbonyl (C=O) groups excluding carboxylic acids is 1. The number of esters is 1. The van der Waals surface area contributed by atoms with Gasteiger partial charge in [0.1, 0.15) is 6.61 Å². The molecule has 20 heavy (non-hydrogen) atoms. The zero-order valence-corrected chi connectivity index (χ0v) is 12.0. The molecule has 0 aliphatic rings. The first-order valence-electron chi connectivity index (χ1n) is 6.16. The zero-order valence-electron chi connectivity index (χ0n) is 11.2. The van der Waals surface area contributed by atoms with Gasteiger partial charge in [-0.3, -0.25) is 4.99 Å². The van der Waals surface area contributed by atoms with Gasteiger partial charge in [-0.25, -0.2) is 4.79 Å². The first kappa shape index (κ1) is 14.2. The number of aryl methyl sites for hydroxylation is 1. The summed E-state index contributed by atoms with van der Waals surface area (Å²) in [6.45, 7) is 5.67. The van der Waals surface area contributed by atoms with Crippen LogP contribution >= 0.6 is 11.3 Å². The average Bonchev–Trinajstić information content (AvgIpc) is 2.89. The van der Waals surface area contributed by atoms with E-state index in [2.05, 4.69) is 24.6 Å². The van der Waals surface area contributed by atoms with E-state index in [0.717, 1.165) is 22.2 Å². The molecule has 0 spiro atoms. The van der Waals surface area contributed by atoms with Gasteiger partial charge in [-0.15, -0.1) is 11.3 Å². The third-order valence-electron chi connectivity index (χ3n) is 2.59. The highest BCUT2D eigenvalue weighted by Crippen LogP contribution is 2.16. The summed E-state index contributed by atoms with van der Waals surface area (Å²) in [6.07, 6.45) is 3.01. The first-order valence-corrected chi connectivity index (χ1v) is 6.97. The molecule has 1 heterocycles. The van der Waals surface area contributed by atoms with Crippen LogP contribution in [0.4, 0.5) is 5.69 Å². The topological polar surface area (TPSA) is 38.7 Å². The molecule has 2 rings (SSSR count). The van der Waals surface area contributed by atoms with E-state index >= 15 is 0 Å². The second-order valence-corrected chi connectivity index (χ2v) is 5.50. The largest absolute Gasteiger partial charge is 0.458 e. The number of thiophene rings is 1. The van der Waals surface area contributed by atoms with Crippen LogP contribution in [0.15, 0.2) is 54.0 Å². The van der Waals surface area contributed by atoms with Crippen molar-refractivity contribution in [1.29, 1.82) is 0 Å². The fourth-order valence-corrected chi connectivity index (χ4v) is 2.30. The Morgan fingerprint density at radius 2 is 2.05 bits per heavy atom. The maximum atomic E-state index is 11.0. The number of hydrogen-bond acceptors (Lipinski definition) is 4. The third-order valence-corrected chi connectivity index (χ3v) is 3.52. The van der Waals surface area contributed by atoms with Crippen LogP contribution in [0.3, 0.4) is 0 Å². The van der Waals surface area contributed by atoms with Crippen LogP contribution in [0.1, 0.15) is 15.3 Å². The standard InChI is InChI=1S/C16H15NO2S/c1-3-16(18)19-11-13-5-7-14(8-6-13)17-10-15-9-4-12(2)20-15/h3-10H,1,11H2,2H3/b17-10+. The van der Waals surface area contributed by atoms with Crippen LogP contribution in [0.5, 0.6) is 0 Å². The van der Waals surface area contributed by atoms with E-state index in [-0.39, 0.29) is 6.61 Å². The molecule has 0 bridgehead atoms. The maximum absolute atomic E-state index is 11.0. The molecule has 1 aromatic heterocycles. The molecule has 0 N–H and O–H groups in total. The summed E-state index contributed by atoms with van der Waals surface area (Å²) in [7, 11) is 0. The van der Waals surface area contributed by atoms with Gasteiger partial charge in [-0.2, -0.15) is 0 Å². The second-order valence-electron chi connectivity index (χ2n) is 4.18. The highest BCUT2D eigenvalue weighted by atomic mass is 32.1. The smallest absolute Gasteiger partial charge is 0.330 e. The van der Waals surface area contributed by atoms with Gasteiger partial charge in [0.05, 0.1) is 5.69 Å². The number of hydrogen-bond donors (Lipinski definition) is 0. The Labute approximate surface area is 122 Å². The molecule has 0 amide bonds. The molecule has 0 aliphatic carbocycles. The lowest BCUT2D eigenvalue weighted by Gasteiger charge is -2.02. The summed E-state index contributed by atoms with van der Waals surface area (Å²) >= 11 is 1.71. The van der Waals surface area contributed by atoms with E-state index < -0.39 is 5.97 Å². The molecule has 102 valence electrons. The Kier molecular flexibility index (Phi) is 4.85. The molecule has 0 radical (unpaired) electrons. The minimum atomic E-state index is -0.417. The van der Waals surface area contributed by atoms with Crippen molar-refractivity contribution in [3.8, 4) is 0 Å². The SMILES string of the molecule is C=CC(=O)OCc1ccc(/N=C/c2ccc(C)s2)cc1. The van der Waals surface area contributed by atoms with Gasteiger partial charge in [0.25, 0.3) is 0 Å². The van der Waals surface area contributed by atoms with Crippen molar-refractivity contribution >= 4 is 29.2 Å². The lowest BCUT2D eigenvalue weighted by molar-refractivity contribution is -0.138. The van der Waals surface area contributed by atoms with E-state index in [4.69, 9.17) is 4.74 Å². The molecular formula is C16H15NO2S. The van der Waals surface area contributed by atoms with Gasteiger partial charge in [0.15, 0.2) is 0 Å². The summed E-state index contributed by atoms with van der Waals surface area (Å²) in [6, 6.07) is 11.7. The Hall–Kier alpha value is -2.20. The van der Waals surface area contributed by atoms with Gasteiger partial charge in [-0.1, -0.05) is 18.7 Å². The highest BCUT2D eigenvalue weighted by molar-refractivity contribution is 7.13. The fraction of sp³-hybridized carbons (Fsp3) is 0.125. The predicted molar refractivity (Wildman–Crippen MR) is 82.7 cm³/mol. The van der Waals surface area contributed by atoms with Crippen LogP contribution < -0.4 is 0 Å². The minimum Gasteiger partial charge on any atom is -0.458 e. The number of aliphatic imine (C=N–C) groups is 1. The van der Waals surface area contributed by atoms with Gasteiger partial charge in [0, 0.05) is 22.0 Å². The monoisotopic (exact) mass is 285 g/mol. The van der Waals surface area contributed by atoms with Crippen LogP contribution in [0.25, 0.3) is 0 Å². The summed E-state index contributed by atoms with van der Waals surface area (Å²) in [5.74, 6) is -0.417. The number of benzene rings is 1. The average molecular weight is 285 g/mol. The van der Waals surface area contributed by atoms with Crippen LogP contribution in [-0.2, 0) is 16.1 Å². The molecule has 4 heteroatoms. The number of ether oxygens (including phenoxy) is 1. The Morgan fingerprint density at radius 3 is 2.65 bits per heavy atom. The van der Waals surface area contributed by atoms with Crippen molar-refractivity contribution in [1.82, 2.24) is 0 Å². The normalized spacial score (nSPS) is 10.7. The molecule has 1 aromatic carbocycles. The lowest BCUT2D eigenvalue weighted by atomic mass is 10.2. The summed E-state index contributed by atoms with van der Waals surface area (Å²) in [5, 5.41) is 0. The van der Waals surface area contributed by atoms with E-state index in [1.165, 1.54) is 4.88 Å². The lowest BCUT2D eigenvalue weighted by Crippen LogP contribution is -1.99. The van der Waals surface area contributed by atoms with Gasteiger partial charge >= 0.3 is 5.97 Å². The summed E-state index contributed by atoms with van der Waals surface area (Å²) in [4.78, 5) is 17.8. The second kappa shape index (κ2) is 6.82. The number of rotatable bonds is 5. The predicted octanol–water partition coefficient (Wildman–Crippen LogP) is 4.04. The van der Waals surface area contributed by atoms with Crippen LogP contribution in [0, 0.1) is 6.92 Å². The van der Waals surface area contributed by atoms with Gasteiger partial charge < -0.3 is 4.74 Å². The number of nitrogens with zero attached hydrogens (tertiary/aromatic N) is 1. The van der Waals surface area contributed by atoms with Gasteiger partial charge in [0.2, 0.25) is 0 Å². The van der Waals surface area contributed by atoms with Gasteiger partial charge in [-0.05, 0) is 36.8 Å². The highest BCUT2D eigenvalue weighted by Gasteiger charge is 1.98. The fourth-order valence-electron chi connectivity index (χ4n) is 1.55. The molecule has 0 unspecified atom stereocenters. The molecule has 0 fully saturated rings. The van der Waals surface area contributed by atoms with Crippen molar-refractivity contribution in [3.05, 3.63) is 64.4 Å². The van der Waals surface area contributed by atoms with E-state index in [1.807, 2.05) is 36.5 Å². The van der Waals surface area contributed by atoms with E-state index in [9.17, 15) is 4.79 Å². The quantitative estimate of drug-likeness (QED) is 0.472.